The third kappa shape index (κ3) is 4.46. The first-order valence-electron chi connectivity index (χ1n) is 9.88. The molecule has 0 amide bonds. The number of benzene rings is 2. The summed E-state index contributed by atoms with van der Waals surface area (Å²) in [6.45, 7) is 8.93. The van der Waals surface area contributed by atoms with Crippen LogP contribution in [0.25, 0.3) is 0 Å². The van der Waals surface area contributed by atoms with Crippen LogP contribution in [0.15, 0.2) is 48.5 Å². The molecule has 1 unspecified atom stereocenters. The van der Waals surface area contributed by atoms with Gasteiger partial charge < -0.3 is 10.2 Å². The fourth-order valence-corrected chi connectivity index (χ4v) is 3.76. The average Bonchev–Trinajstić information content (AvgIpc) is 2.92. The molecule has 3 nitrogen and oxygen atoms in total. The number of nitrogens with zero attached hydrogens (tertiary/aromatic N) is 2. The molecule has 1 N–H and O–H groups in total. The summed E-state index contributed by atoms with van der Waals surface area (Å²) >= 11 is 0. The SMILES string of the molecule is CC(C)c1ccc(C(c2ccc(N(C)C)cc2)N2CCCNCC2)cc1. The second kappa shape index (κ2) is 8.70. The molecule has 3 rings (SSSR count). The molecule has 26 heavy (non-hydrogen) atoms. The molecular formula is C23H33N3. The summed E-state index contributed by atoms with van der Waals surface area (Å²) in [5.74, 6) is 0.573. The van der Waals surface area contributed by atoms with Crippen molar-refractivity contribution in [1.29, 1.82) is 0 Å². The van der Waals surface area contributed by atoms with Crippen molar-refractivity contribution in [3.05, 3.63) is 65.2 Å². The number of hydrogen-bond donors (Lipinski definition) is 1. The Labute approximate surface area is 159 Å². The summed E-state index contributed by atoms with van der Waals surface area (Å²) in [4.78, 5) is 4.79. The molecule has 0 aromatic heterocycles. The highest BCUT2D eigenvalue weighted by Gasteiger charge is 2.23. The van der Waals surface area contributed by atoms with E-state index in [1.165, 1.54) is 28.8 Å². The Hall–Kier alpha value is -1.84. The van der Waals surface area contributed by atoms with Gasteiger partial charge in [-0.1, -0.05) is 50.2 Å². The van der Waals surface area contributed by atoms with Gasteiger partial charge in [0, 0.05) is 39.4 Å². The smallest absolute Gasteiger partial charge is 0.0602 e. The highest BCUT2D eigenvalue weighted by molar-refractivity contribution is 5.48. The maximum absolute atomic E-state index is 3.53. The first kappa shape index (κ1) is 18.9. The van der Waals surface area contributed by atoms with E-state index < -0.39 is 0 Å². The van der Waals surface area contributed by atoms with E-state index in [2.05, 4.69) is 91.6 Å². The lowest BCUT2D eigenvalue weighted by molar-refractivity contribution is 0.241. The third-order valence-electron chi connectivity index (χ3n) is 5.38. The summed E-state index contributed by atoms with van der Waals surface area (Å²) in [6.07, 6.45) is 1.20. The zero-order chi connectivity index (χ0) is 18.5. The molecule has 0 spiro atoms. The Morgan fingerprint density at radius 1 is 0.808 bits per heavy atom. The lowest BCUT2D eigenvalue weighted by Crippen LogP contribution is -2.33. The van der Waals surface area contributed by atoms with Gasteiger partial charge in [0.15, 0.2) is 0 Å². The van der Waals surface area contributed by atoms with Crippen molar-refractivity contribution in [3.8, 4) is 0 Å². The fourth-order valence-electron chi connectivity index (χ4n) is 3.76. The zero-order valence-electron chi connectivity index (χ0n) is 16.7. The fraction of sp³-hybridized carbons (Fsp3) is 0.478. The van der Waals surface area contributed by atoms with E-state index in [-0.39, 0.29) is 0 Å². The molecular weight excluding hydrogens is 318 g/mol. The van der Waals surface area contributed by atoms with Gasteiger partial charge in [0.05, 0.1) is 6.04 Å². The normalized spacial score (nSPS) is 17.1. The Morgan fingerprint density at radius 3 is 1.96 bits per heavy atom. The van der Waals surface area contributed by atoms with Gasteiger partial charge in [-0.25, -0.2) is 0 Å². The highest BCUT2D eigenvalue weighted by Crippen LogP contribution is 2.31. The van der Waals surface area contributed by atoms with E-state index in [0.717, 1.165) is 26.2 Å². The van der Waals surface area contributed by atoms with Crippen molar-refractivity contribution in [2.24, 2.45) is 0 Å². The number of nitrogens with one attached hydrogen (secondary N) is 1. The lowest BCUT2D eigenvalue weighted by atomic mass is 9.93. The topological polar surface area (TPSA) is 18.5 Å². The van der Waals surface area contributed by atoms with Crippen molar-refractivity contribution in [2.75, 3.05) is 45.2 Å². The van der Waals surface area contributed by atoms with E-state index >= 15 is 0 Å². The highest BCUT2D eigenvalue weighted by atomic mass is 15.2. The van der Waals surface area contributed by atoms with Gasteiger partial charge in [0.25, 0.3) is 0 Å². The molecule has 1 aliphatic rings. The lowest BCUT2D eigenvalue weighted by Gasteiger charge is -2.32. The molecule has 0 radical (unpaired) electrons. The molecule has 1 saturated heterocycles. The molecule has 1 atom stereocenters. The quantitative estimate of drug-likeness (QED) is 0.868. The minimum absolute atomic E-state index is 0.326. The van der Waals surface area contributed by atoms with Crippen LogP contribution in [0.1, 0.15) is 48.9 Å². The van der Waals surface area contributed by atoms with Crippen LogP contribution >= 0.6 is 0 Å². The van der Waals surface area contributed by atoms with Crippen LogP contribution in [0.3, 0.4) is 0 Å². The van der Waals surface area contributed by atoms with E-state index in [0.29, 0.717) is 12.0 Å². The third-order valence-corrected chi connectivity index (χ3v) is 5.38. The van der Waals surface area contributed by atoms with Gasteiger partial charge in [0.2, 0.25) is 0 Å². The summed E-state index contributed by atoms with van der Waals surface area (Å²) in [6, 6.07) is 18.7. The van der Waals surface area contributed by atoms with E-state index in [1.54, 1.807) is 0 Å². The maximum Gasteiger partial charge on any atom is 0.0602 e. The maximum atomic E-state index is 3.53. The van der Waals surface area contributed by atoms with Crippen molar-refractivity contribution in [2.45, 2.75) is 32.2 Å². The van der Waals surface area contributed by atoms with Crippen LogP contribution in [0, 0.1) is 0 Å². The number of rotatable bonds is 5. The van der Waals surface area contributed by atoms with Gasteiger partial charge in [-0.2, -0.15) is 0 Å². The minimum Gasteiger partial charge on any atom is -0.378 e. The molecule has 3 heteroatoms. The molecule has 2 aromatic rings. The number of anilines is 1. The van der Waals surface area contributed by atoms with Gasteiger partial charge in [-0.15, -0.1) is 0 Å². The molecule has 0 aliphatic carbocycles. The van der Waals surface area contributed by atoms with Crippen molar-refractivity contribution in [1.82, 2.24) is 10.2 Å². The Kier molecular flexibility index (Phi) is 6.33. The van der Waals surface area contributed by atoms with Crippen LogP contribution in [0.2, 0.25) is 0 Å². The van der Waals surface area contributed by atoms with Crippen molar-refractivity contribution < 1.29 is 0 Å². The molecule has 0 saturated carbocycles. The monoisotopic (exact) mass is 351 g/mol. The van der Waals surface area contributed by atoms with Crippen LogP contribution in [-0.4, -0.2) is 45.2 Å². The second-order valence-electron chi connectivity index (χ2n) is 7.85. The summed E-state index contributed by atoms with van der Waals surface area (Å²) in [5.41, 5.74) is 5.44. The van der Waals surface area contributed by atoms with Gasteiger partial charge in [0.1, 0.15) is 0 Å². The van der Waals surface area contributed by atoms with Crippen molar-refractivity contribution >= 4 is 5.69 Å². The molecule has 1 heterocycles. The molecule has 1 fully saturated rings. The summed E-state index contributed by atoms with van der Waals surface area (Å²) in [7, 11) is 4.19. The predicted molar refractivity (Wildman–Crippen MR) is 112 cm³/mol. The Morgan fingerprint density at radius 2 is 1.38 bits per heavy atom. The first-order valence-corrected chi connectivity index (χ1v) is 9.88. The van der Waals surface area contributed by atoms with Crippen LogP contribution in [0.4, 0.5) is 5.69 Å². The largest absolute Gasteiger partial charge is 0.378 e. The zero-order valence-corrected chi connectivity index (χ0v) is 16.7. The van der Waals surface area contributed by atoms with E-state index in [1.807, 2.05) is 0 Å². The average molecular weight is 352 g/mol. The van der Waals surface area contributed by atoms with Crippen LogP contribution < -0.4 is 10.2 Å². The Balaban J connectivity index is 1.95. The Bertz CT molecular complexity index is 614. The molecule has 0 bridgehead atoms. The molecule has 2 aromatic carbocycles. The van der Waals surface area contributed by atoms with Gasteiger partial charge in [-0.05, 0) is 47.7 Å². The van der Waals surface area contributed by atoms with Crippen LogP contribution in [-0.2, 0) is 0 Å². The van der Waals surface area contributed by atoms with E-state index in [9.17, 15) is 0 Å². The van der Waals surface area contributed by atoms with Gasteiger partial charge >= 0.3 is 0 Å². The van der Waals surface area contributed by atoms with Crippen molar-refractivity contribution in [3.63, 3.8) is 0 Å². The summed E-state index contributed by atoms with van der Waals surface area (Å²) < 4.78 is 0. The minimum atomic E-state index is 0.326. The van der Waals surface area contributed by atoms with E-state index in [4.69, 9.17) is 0 Å². The standard InChI is InChI=1S/C23H33N3/c1-18(2)19-6-8-20(9-7-19)23(26-16-5-14-24-15-17-26)21-10-12-22(13-11-21)25(3)4/h6-13,18,23-24H,5,14-17H2,1-4H3. The molecule has 140 valence electrons. The second-order valence-corrected chi connectivity index (χ2v) is 7.85. The van der Waals surface area contributed by atoms with Gasteiger partial charge in [-0.3, -0.25) is 4.90 Å². The number of hydrogen-bond acceptors (Lipinski definition) is 3. The first-order chi connectivity index (χ1) is 12.6. The molecule has 1 aliphatic heterocycles. The van der Waals surface area contributed by atoms with Crippen LogP contribution in [0.5, 0.6) is 0 Å². The predicted octanol–water partition coefficient (Wildman–Crippen LogP) is 4.26. The summed E-state index contributed by atoms with van der Waals surface area (Å²) in [5, 5.41) is 3.53.